The van der Waals surface area contributed by atoms with Gasteiger partial charge in [-0.05, 0) is 42.0 Å². The zero-order valence-electron chi connectivity index (χ0n) is 12.6. The minimum atomic E-state index is -0.645. The third kappa shape index (κ3) is 3.75. The van der Waals surface area contributed by atoms with E-state index in [0.29, 0.717) is 12.1 Å². The quantitative estimate of drug-likeness (QED) is 0.777. The van der Waals surface area contributed by atoms with Crippen LogP contribution < -0.4 is 11.1 Å². The van der Waals surface area contributed by atoms with Gasteiger partial charge in [0.15, 0.2) is 5.76 Å². The normalized spacial score (nSPS) is 10.5. The maximum atomic E-state index is 12.9. The lowest BCUT2D eigenvalue weighted by Gasteiger charge is -2.04. The van der Waals surface area contributed by atoms with Crippen molar-refractivity contribution < 1.29 is 13.6 Å². The van der Waals surface area contributed by atoms with E-state index < -0.39 is 5.76 Å². The summed E-state index contributed by atoms with van der Waals surface area (Å²) in [4.78, 5) is 27.7. The number of nitrogens with one attached hydrogen (secondary N) is 1. The average molecular weight is 327 g/mol. The van der Waals surface area contributed by atoms with Crippen LogP contribution in [0.25, 0.3) is 11.3 Å². The van der Waals surface area contributed by atoms with Gasteiger partial charge in [-0.3, -0.25) is 14.3 Å². The lowest BCUT2D eigenvalue weighted by Crippen LogP contribution is -2.30. The van der Waals surface area contributed by atoms with Crippen molar-refractivity contribution in [1.29, 1.82) is 0 Å². The van der Waals surface area contributed by atoms with Crippen molar-refractivity contribution in [3.8, 4) is 11.3 Å². The molecule has 3 aromatic rings. The molecule has 0 bridgehead atoms. The molecule has 0 atom stereocenters. The molecule has 0 saturated carbocycles. The summed E-state index contributed by atoms with van der Waals surface area (Å²) in [5.74, 6) is -1.06. The molecule has 2 aromatic heterocycles. The second kappa shape index (κ2) is 6.91. The Morgan fingerprint density at radius 1 is 1.17 bits per heavy atom. The number of amides is 1. The van der Waals surface area contributed by atoms with Crippen molar-refractivity contribution in [2.45, 2.75) is 13.1 Å². The first-order valence-corrected chi connectivity index (χ1v) is 7.23. The maximum Gasteiger partial charge on any atom is 0.419 e. The van der Waals surface area contributed by atoms with E-state index in [1.165, 1.54) is 35.0 Å². The van der Waals surface area contributed by atoms with Crippen molar-refractivity contribution in [2.24, 2.45) is 0 Å². The molecule has 122 valence electrons. The monoisotopic (exact) mass is 327 g/mol. The molecule has 1 N–H and O–H groups in total. The molecule has 0 radical (unpaired) electrons. The Labute approximate surface area is 136 Å². The van der Waals surface area contributed by atoms with Crippen LogP contribution in [0.2, 0.25) is 0 Å². The molecule has 0 spiro atoms. The van der Waals surface area contributed by atoms with Gasteiger partial charge < -0.3 is 9.73 Å². The van der Waals surface area contributed by atoms with Crippen LogP contribution in [0.15, 0.2) is 64.2 Å². The van der Waals surface area contributed by atoms with E-state index in [0.717, 1.165) is 5.56 Å². The molecule has 0 aliphatic rings. The summed E-state index contributed by atoms with van der Waals surface area (Å²) in [7, 11) is 0. The van der Waals surface area contributed by atoms with Gasteiger partial charge in [-0.15, -0.1) is 0 Å². The van der Waals surface area contributed by atoms with E-state index in [4.69, 9.17) is 4.42 Å². The highest BCUT2D eigenvalue weighted by Crippen LogP contribution is 2.18. The SMILES string of the molecule is O=C(Cn1cc(-c2ccc(F)cc2)oc1=O)NCc1ccncc1. The van der Waals surface area contributed by atoms with Crippen LogP contribution in [0.1, 0.15) is 5.56 Å². The fourth-order valence-corrected chi connectivity index (χ4v) is 2.14. The number of rotatable bonds is 5. The van der Waals surface area contributed by atoms with Crippen molar-refractivity contribution >= 4 is 5.91 Å². The summed E-state index contributed by atoms with van der Waals surface area (Å²) >= 11 is 0. The number of hydrogen-bond acceptors (Lipinski definition) is 4. The highest BCUT2D eigenvalue weighted by molar-refractivity contribution is 5.75. The molecule has 2 heterocycles. The van der Waals surface area contributed by atoms with Crippen LogP contribution >= 0.6 is 0 Å². The first kappa shape index (κ1) is 15.7. The molecule has 24 heavy (non-hydrogen) atoms. The van der Waals surface area contributed by atoms with Crippen LogP contribution in [-0.4, -0.2) is 15.5 Å². The fourth-order valence-electron chi connectivity index (χ4n) is 2.14. The first-order valence-electron chi connectivity index (χ1n) is 7.23. The van der Waals surface area contributed by atoms with Gasteiger partial charge in [0.25, 0.3) is 0 Å². The predicted molar refractivity (Wildman–Crippen MR) is 84.4 cm³/mol. The molecule has 0 aliphatic heterocycles. The van der Waals surface area contributed by atoms with Gasteiger partial charge in [-0.2, -0.15) is 0 Å². The maximum absolute atomic E-state index is 12.9. The highest BCUT2D eigenvalue weighted by Gasteiger charge is 2.11. The first-order chi connectivity index (χ1) is 11.6. The molecule has 3 rings (SSSR count). The minimum absolute atomic E-state index is 0.158. The Kier molecular flexibility index (Phi) is 4.51. The van der Waals surface area contributed by atoms with E-state index in [9.17, 15) is 14.0 Å². The number of carbonyl (C=O) groups excluding carboxylic acids is 1. The third-order valence-electron chi connectivity index (χ3n) is 3.39. The lowest BCUT2D eigenvalue weighted by atomic mass is 10.2. The second-order valence-corrected chi connectivity index (χ2v) is 5.13. The van der Waals surface area contributed by atoms with Gasteiger partial charge >= 0.3 is 5.76 Å². The summed E-state index contributed by atoms with van der Waals surface area (Å²) in [6, 6.07) is 9.12. The Morgan fingerprint density at radius 3 is 2.58 bits per heavy atom. The number of aromatic nitrogens is 2. The van der Waals surface area contributed by atoms with Gasteiger partial charge in [0.1, 0.15) is 12.4 Å². The molecule has 6 nitrogen and oxygen atoms in total. The number of hydrogen-bond donors (Lipinski definition) is 1. The average Bonchev–Trinajstić information content (AvgIpc) is 2.95. The van der Waals surface area contributed by atoms with Crippen LogP contribution in [-0.2, 0) is 17.9 Å². The van der Waals surface area contributed by atoms with E-state index in [-0.39, 0.29) is 24.0 Å². The smallest absolute Gasteiger partial charge is 0.408 e. The Hall–Kier alpha value is -3.22. The molecule has 7 heteroatoms. The van der Waals surface area contributed by atoms with Crippen LogP contribution in [0.4, 0.5) is 4.39 Å². The molecule has 1 aromatic carbocycles. The lowest BCUT2D eigenvalue weighted by molar-refractivity contribution is -0.121. The van der Waals surface area contributed by atoms with E-state index in [1.807, 2.05) is 0 Å². The molecule has 0 unspecified atom stereocenters. The van der Waals surface area contributed by atoms with Crippen LogP contribution in [0.3, 0.4) is 0 Å². The standard InChI is InChI=1S/C17H14FN3O3/c18-14-3-1-13(2-4-14)15-10-21(17(23)24-15)11-16(22)20-9-12-5-7-19-8-6-12/h1-8,10H,9,11H2,(H,20,22). The van der Waals surface area contributed by atoms with Gasteiger partial charge in [-0.25, -0.2) is 9.18 Å². The van der Waals surface area contributed by atoms with Crippen molar-refractivity contribution in [3.63, 3.8) is 0 Å². The minimum Gasteiger partial charge on any atom is -0.408 e. The second-order valence-electron chi connectivity index (χ2n) is 5.13. The number of nitrogens with zero attached hydrogens (tertiary/aromatic N) is 2. The molecule has 0 aliphatic carbocycles. The highest BCUT2D eigenvalue weighted by atomic mass is 19.1. The zero-order chi connectivity index (χ0) is 16.9. The van der Waals surface area contributed by atoms with Crippen molar-refractivity contribution in [1.82, 2.24) is 14.9 Å². The Balaban J connectivity index is 1.66. The van der Waals surface area contributed by atoms with Gasteiger partial charge in [0, 0.05) is 24.5 Å². The number of halogens is 1. The van der Waals surface area contributed by atoms with E-state index >= 15 is 0 Å². The van der Waals surface area contributed by atoms with Gasteiger partial charge in [0.05, 0.1) is 6.20 Å². The predicted octanol–water partition coefficient (Wildman–Crippen LogP) is 1.96. The topological polar surface area (TPSA) is 77.1 Å². The largest absolute Gasteiger partial charge is 0.419 e. The van der Waals surface area contributed by atoms with E-state index in [2.05, 4.69) is 10.3 Å². The number of carbonyl (C=O) groups is 1. The van der Waals surface area contributed by atoms with Crippen LogP contribution in [0, 0.1) is 5.82 Å². The number of benzene rings is 1. The summed E-state index contributed by atoms with van der Waals surface area (Å²) in [6.45, 7) is 0.188. The Bertz CT molecular complexity index is 885. The molecular formula is C17H14FN3O3. The Morgan fingerprint density at radius 2 is 1.88 bits per heavy atom. The molecule has 0 saturated heterocycles. The fraction of sp³-hybridized carbons (Fsp3) is 0.118. The summed E-state index contributed by atoms with van der Waals surface area (Å²) < 4.78 is 19.2. The van der Waals surface area contributed by atoms with Crippen molar-refractivity contribution in [2.75, 3.05) is 0 Å². The molecular weight excluding hydrogens is 313 g/mol. The van der Waals surface area contributed by atoms with Gasteiger partial charge in [-0.1, -0.05) is 0 Å². The summed E-state index contributed by atoms with van der Waals surface area (Å²) in [5, 5.41) is 2.71. The number of oxazole rings is 1. The molecule has 1 amide bonds. The molecule has 0 fully saturated rings. The van der Waals surface area contributed by atoms with Gasteiger partial charge in [0.2, 0.25) is 5.91 Å². The summed E-state index contributed by atoms with van der Waals surface area (Å²) in [5.41, 5.74) is 1.47. The van der Waals surface area contributed by atoms with Crippen molar-refractivity contribution in [3.05, 3.63) is 76.9 Å². The number of pyridine rings is 1. The van der Waals surface area contributed by atoms with Crippen LogP contribution in [0.5, 0.6) is 0 Å². The third-order valence-corrected chi connectivity index (χ3v) is 3.39. The van der Waals surface area contributed by atoms with E-state index in [1.54, 1.807) is 24.5 Å². The summed E-state index contributed by atoms with van der Waals surface area (Å²) in [6.07, 6.45) is 4.70. The zero-order valence-corrected chi connectivity index (χ0v) is 12.6.